The summed E-state index contributed by atoms with van der Waals surface area (Å²) in [6.07, 6.45) is -10.9. The van der Waals surface area contributed by atoms with Gasteiger partial charge in [-0.3, -0.25) is 0 Å². The van der Waals surface area contributed by atoms with E-state index >= 15 is 0 Å². The average molecular weight is 498 g/mol. The molecule has 0 amide bonds. The molecule has 0 radical (unpaired) electrons. The number of aliphatic hydroxyl groups excluding tert-OH is 3. The van der Waals surface area contributed by atoms with Crippen LogP contribution in [0.3, 0.4) is 0 Å². The second-order valence-corrected chi connectivity index (χ2v) is 6.04. The molecule has 0 aliphatic rings. The van der Waals surface area contributed by atoms with Crippen LogP contribution in [0.15, 0.2) is 0 Å². The first-order chi connectivity index (χ1) is 13.6. The van der Waals surface area contributed by atoms with Crippen LogP contribution in [0.2, 0.25) is 0 Å². The summed E-state index contributed by atoms with van der Waals surface area (Å²) >= 11 is 0. The monoisotopic (exact) mass is 498 g/mol. The van der Waals surface area contributed by atoms with E-state index in [1.165, 1.54) is 0 Å². The summed E-state index contributed by atoms with van der Waals surface area (Å²) < 4.78 is 175. The van der Waals surface area contributed by atoms with Gasteiger partial charge in [0.2, 0.25) is 0 Å². The van der Waals surface area contributed by atoms with Crippen LogP contribution in [-0.4, -0.2) is 96.4 Å². The maximum atomic E-state index is 13.4. The van der Waals surface area contributed by atoms with E-state index in [9.17, 15) is 62.2 Å². The van der Waals surface area contributed by atoms with Crippen LogP contribution in [0, 0.1) is 0 Å². The number of rotatable bonds is 13. The molecule has 0 spiro atoms. The van der Waals surface area contributed by atoms with Crippen molar-refractivity contribution in [1.29, 1.82) is 0 Å². The SMILES string of the molecule is OCC(O)COCC(O)COCC(F)(F)C(F)(F)C(F)(F)C(F)(F)C(F)(F)C(F)(F)F. The third-order valence-electron chi connectivity index (χ3n) is 3.42. The molecule has 3 N–H and O–H groups in total. The van der Waals surface area contributed by atoms with Crippen molar-refractivity contribution < 1.29 is 81.9 Å². The fourth-order valence-corrected chi connectivity index (χ4v) is 1.66. The number of aliphatic hydroxyl groups is 3. The first-order valence-corrected chi connectivity index (χ1v) is 7.68. The highest BCUT2D eigenvalue weighted by Gasteiger charge is 2.90. The predicted molar refractivity (Wildman–Crippen MR) is 71.5 cm³/mol. The maximum absolute atomic E-state index is 13.4. The van der Waals surface area contributed by atoms with Gasteiger partial charge in [0.1, 0.15) is 18.8 Å². The minimum Gasteiger partial charge on any atom is -0.394 e. The number of halogens is 13. The standard InChI is InChI=1S/C13H15F13O5/c14-8(15,5-31-4-7(29)3-30-2-6(28)1-27)9(16,17)10(18,19)11(20,21)12(22,23)13(24,25)26/h6-7,27-29H,1-5H2. The normalized spacial score (nSPS) is 17.0. The summed E-state index contributed by atoms with van der Waals surface area (Å²) in [4.78, 5) is 0. The van der Waals surface area contributed by atoms with Gasteiger partial charge in [0.05, 0.1) is 26.4 Å². The van der Waals surface area contributed by atoms with E-state index in [4.69, 9.17) is 10.2 Å². The molecule has 0 saturated carbocycles. The minimum atomic E-state index is -7.99. The van der Waals surface area contributed by atoms with E-state index in [1.807, 2.05) is 0 Å². The summed E-state index contributed by atoms with van der Waals surface area (Å²) in [5, 5.41) is 26.5. The Morgan fingerprint density at radius 2 is 0.935 bits per heavy atom. The van der Waals surface area contributed by atoms with Crippen LogP contribution in [0.5, 0.6) is 0 Å². The van der Waals surface area contributed by atoms with Gasteiger partial charge >= 0.3 is 35.8 Å². The van der Waals surface area contributed by atoms with E-state index in [1.54, 1.807) is 0 Å². The Kier molecular flexibility index (Phi) is 9.45. The molecular formula is C13H15F13O5. The van der Waals surface area contributed by atoms with Crippen LogP contribution in [0.1, 0.15) is 0 Å². The highest BCUT2D eigenvalue weighted by molar-refractivity contribution is 5.10. The van der Waals surface area contributed by atoms with E-state index in [-0.39, 0.29) is 0 Å². The lowest BCUT2D eigenvalue weighted by molar-refractivity contribution is -0.441. The lowest BCUT2D eigenvalue weighted by Crippen LogP contribution is -2.70. The molecule has 0 aromatic rings. The smallest absolute Gasteiger partial charge is 0.394 e. The lowest BCUT2D eigenvalue weighted by atomic mass is 9.94. The van der Waals surface area contributed by atoms with Gasteiger partial charge in [-0.05, 0) is 0 Å². The number of hydrogen-bond acceptors (Lipinski definition) is 5. The average Bonchev–Trinajstić information content (AvgIpc) is 2.59. The van der Waals surface area contributed by atoms with Gasteiger partial charge in [-0.25, -0.2) is 0 Å². The molecule has 18 heteroatoms. The third-order valence-corrected chi connectivity index (χ3v) is 3.42. The molecule has 0 aromatic carbocycles. The zero-order valence-corrected chi connectivity index (χ0v) is 14.8. The van der Waals surface area contributed by atoms with Gasteiger partial charge in [-0.1, -0.05) is 0 Å². The molecule has 2 unspecified atom stereocenters. The highest BCUT2D eigenvalue weighted by atomic mass is 19.4. The summed E-state index contributed by atoms with van der Waals surface area (Å²) in [7, 11) is 0. The van der Waals surface area contributed by atoms with Crippen molar-refractivity contribution in [1.82, 2.24) is 0 Å². The van der Waals surface area contributed by atoms with Gasteiger partial charge in [0.25, 0.3) is 0 Å². The van der Waals surface area contributed by atoms with E-state index in [2.05, 4.69) is 9.47 Å². The highest BCUT2D eigenvalue weighted by Crippen LogP contribution is 2.60. The van der Waals surface area contributed by atoms with Crippen molar-refractivity contribution in [3.8, 4) is 0 Å². The van der Waals surface area contributed by atoms with E-state index in [0.29, 0.717) is 0 Å². The molecule has 188 valence electrons. The lowest BCUT2D eigenvalue weighted by Gasteiger charge is -2.39. The summed E-state index contributed by atoms with van der Waals surface area (Å²) in [5.41, 5.74) is 0. The molecule has 0 aliphatic heterocycles. The van der Waals surface area contributed by atoms with E-state index in [0.717, 1.165) is 0 Å². The van der Waals surface area contributed by atoms with Crippen molar-refractivity contribution in [2.24, 2.45) is 0 Å². The van der Waals surface area contributed by atoms with Gasteiger partial charge in [-0.2, -0.15) is 57.1 Å². The van der Waals surface area contributed by atoms with Gasteiger partial charge in [0, 0.05) is 0 Å². The molecule has 2 atom stereocenters. The Morgan fingerprint density at radius 1 is 0.548 bits per heavy atom. The Labute approximate surface area is 164 Å². The topological polar surface area (TPSA) is 79.2 Å². The van der Waals surface area contributed by atoms with Crippen LogP contribution in [0.25, 0.3) is 0 Å². The third kappa shape index (κ3) is 6.02. The molecule has 0 saturated heterocycles. The van der Waals surface area contributed by atoms with Gasteiger partial charge < -0.3 is 24.8 Å². The quantitative estimate of drug-likeness (QED) is 0.341. The van der Waals surface area contributed by atoms with Crippen molar-refractivity contribution >= 4 is 0 Å². The van der Waals surface area contributed by atoms with Crippen LogP contribution >= 0.6 is 0 Å². The molecule has 0 bridgehead atoms. The molecule has 0 aliphatic carbocycles. The minimum absolute atomic E-state index is 0.615. The maximum Gasteiger partial charge on any atom is 0.460 e. The molecule has 0 aromatic heterocycles. The van der Waals surface area contributed by atoms with Gasteiger partial charge in [-0.15, -0.1) is 0 Å². The molecular weight excluding hydrogens is 483 g/mol. The molecule has 31 heavy (non-hydrogen) atoms. The second kappa shape index (κ2) is 9.80. The van der Waals surface area contributed by atoms with Crippen molar-refractivity contribution in [2.75, 3.05) is 33.0 Å². The van der Waals surface area contributed by atoms with Crippen LogP contribution in [-0.2, 0) is 9.47 Å². The molecule has 0 rings (SSSR count). The van der Waals surface area contributed by atoms with Gasteiger partial charge in [0.15, 0.2) is 0 Å². The van der Waals surface area contributed by atoms with Crippen molar-refractivity contribution in [3.63, 3.8) is 0 Å². The van der Waals surface area contributed by atoms with Crippen LogP contribution < -0.4 is 0 Å². The summed E-state index contributed by atoms with van der Waals surface area (Å²) in [6, 6.07) is 0. The molecule has 0 fully saturated rings. The van der Waals surface area contributed by atoms with E-state index < -0.39 is 81.0 Å². The zero-order valence-electron chi connectivity index (χ0n) is 14.8. The predicted octanol–water partition coefficient (Wildman–Crippen LogP) is 2.47. The Bertz CT molecular complexity index is 566. The molecule has 0 heterocycles. The molecule has 5 nitrogen and oxygen atoms in total. The zero-order chi connectivity index (χ0) is 25.1. The summed E-state index contributed by atoms with van der Waals surface area (Å²) in [6.45, 7) is -6.57. The Balaban J connectivity index is 5.29. The summed E-state index contributed by atoms with van der Waals surface area (Å²) in [5.74, 6) is -37.6. The number of ether oxygens (including phenoxy) is 2. The van der Waals surface area contributed by atoms with Crippen LogP contribution in [0.4, 0.5) is 57.1 Å². The largest absolute Gasteiger partial charge is 0.460 e. The van der Waals surface area contributed by atoms with Crippen molar-refractivity contribution in [3.05, 3.63) is 0 Å². The number of hydrogen-bond donors (Lipinski definition) is 3. The number of alkyl halides is 13. The fraction of sp³-hybridized carbons (Fsp3) is 1.00. The fourth-order valence-electron chi connectivity index (χ4n) is 1.66. The Hall–Kier alpha value is -1.11. The Morgan fingerprint density at radius 3 is 1.35 bits per heavy atom. The first kappa shape index (κ1) is 29.9. The first-order valence-electron chi connectivity index (χ1n) is 7.68. The van der Waals surface area contributed by atoms with Crippen molar-refractivity contribution in [2.45, 2.75) is 48.0 Å². The second-order valence-electron chi connectivity index (χ2n) is 6.04.